The molecule has 2 aromatic carbocycles. The van der Waals surface area contributed by atoms with Crippen molar-refractivity contribution >= 4 is 52.6 Å². The van der Waals surface area contributed by atoms with E-state index in [1.165, 1.54) is 5.57 Å². The topological polar surface area (TPSA) is 86.8 Å². The third-order valence-electron chi connectivity index (χ3n) is 10.1. The first kappa shape index (κ1) is 28.7. The summed E-state index contributed by atoms with van der Waals surface area (Å²) in [5.74, 6) is 0.372. The van der Waals surface area contributed by atoms with E-state index in [2.05, 4.69) is 30.1 Å². The number of thioether (sulfide) groups is 1. The van der Waals surface area contributed by atoms with Crippen molar-refractivity contribution < 1.29 is 19.2 Å². The highest BCUT2D eigenvalue weighted by Gasteiger charge is 2.49. The fraction of sp³-hybridized carbons (Fsp3) is 0.471. The summed E-state index contributed by atoms with van der Waals surface area (Å²) in [7, 11) is 0. The fourth-order valence-corrected chi connectivity index (χ4v) is 9.25. The van der Waals surface area contributed by atoms with Gasteiger partial charge in [0, 0.05) is 52.4 Å². The zero-order chi connectivity index (χ0) is 30.0. The van der Waals surface area contributed by atoms with E-state index in [-0.39, 0.29) is 35.5 Å². The summed E-state index contributed by atoms with van der Waals surface area (Å²) < 4.78 is 0. The normalized spacial score (nSPS) is 28.0. The molecule has 9 heteroatoms. The van der Waals surface area contributed by atoms with Gasteiger partial charge in [-0.1, -0.05) is 37.6 Å². The number of benzene rings is 2. The van der Waals surface area contributed by atoms with Gasteiger partial charge in [0.05, 0.1) is 0 Å². The third-order valence-corrected chi connectivity index (χ3v) is 11.7. The van der Waals surface area contributed by atoms with Crippen molar-refractivity contribution in [2.24, 2.45) is 17.3 Å². The van der Waals surface area contributed by atoms with Crippen LogP contribution in [-0.2, 0) is 20.9 Å². The summed E-state index contributed by atoms with van der Waals surface area (Å²) in [5.41, 5.74) is 4.96. The van der Waals surface area contributed by atoms with Gasteiger partial charge in [0.25, 0.3) is 5.91 Å². The summed E-state index contributed by atoms with van der Waals surface area (Å²) in [5, 5.41) is 3.50. The lowest BCUT2D eigenvalue weighted by Gasteiger charge is -2.38. The summed E-state index contributed by atoms with van der Waals surface area (Å²) in [4.78, 5) is 55.8. The number of halogens is 1. The average Bonchev–Trinajstić information content (AvgIpc) is 3.47. The van der Waals surface area contributed by atoms with Crippen molar-refractivity contribution in [2.45, 2.75) is 75.1 Å². The maximum atomic E-state index is 14.0. The Kier molecular flexibility index (Phi) is 7.20. The Balaban J connectivity index is 1.02. The zero-order valence-corrected chi connectivity index (χ0v) is 26.1. The van der Waals surface area contributed by atoms with Crippen LogP contribution in [0.4, 0.5) is 0 Å². The smallest absolute Gasteiger partial charge is 0.255 e. The summed E-state index contributed by atoms with van der Waals surface area (Å²) in [6.07, 6.45) is 4.38. The first-order valence-electron chi connectivity index (χ1n) is 15.3. The molecule has 4 atom stereocenters. The molecule has 7 rings (SSSR count). The lowest BCUT2D eigenvalue weighted by atomic mass is 9.72. The SMILES string of the molecule is CC1(C)CCC(C(=O)N2CC3CC(Sc4ccc5c(c4)CN(C4CCC(=O)NC4=O)C5=O)C3C2)=C(c2ccc(Cl)cc2)C1. The van der Waals surface area contributed by atoms with Crippen LogP contribution in [-0.4, -0.2) is 57.8 Å². The van der Waals surface area contributed by atoms with E-state index in [1.807, 2.05) is 48.2 Å². The fourth-order valence-electron chi connectivity index (χ4n) is 7.59. The number of rotatable bonds is 5. The molecule has 0 spiro atoms. The van der Waals surface area contributed by atoms with Crippen LogP contribution >= 0.6 is 23.4 Å². The number of amides is 4. The second kappa shape index (κ2) is 10.8. The second-order valence-electron chi connectivity index (χ2n) is 13.5. The van der Waals surface area contributed by atoms with E-state index < -0.39 is 6.04 Å². The van der Waals surface area contributed by atoms with Gasteiger partial charge in [-0.3, -0.25) is 24.5 Å². The molecule has 5 aliphatic rings. The number of nitrogens with one attached hydrogen (secondary N) is 1. The molecular weight excluding hydrogens is 582 g/mol. The minimum Gasteiger partial charge on any atom is -0.338 e. The molecule has 0 aromatic heterocycles. The van der Waals surface area contributed by atoms with Crippen LogP contribution in [0.25, 0.3) is 5.57 Å². The standard InChI is InChI=1S/C34H36ClN3O4S/c1-34(2)12-11-25(26(15-34)19-3-5-22(35)6-4-19)32(41)37-16-21-14-29(27(21)18-37)43-23-7-8-24-20(13-23)17-38(33(24)42)28-9-10-30(39)36-31(28)40/h3-8,13,21,27-29H,9-12,14-18H2,1-2H3,(H,36,39,40). The molecule has 0 radical (unpaired) electrons. The van der Waals surface area contributed by atoms with Crippen molar-refractivity contribution in [3.63, 3.8) is 0 Å². The first-order valence-corrected chi connectivity index (χ1v) is 16.5. The molecule has 224 valence electrons. The molecule has 2 aliphatic carbocycles. The monoisotopic (exact) mass is 617 g/mol. The molecular formula is C34H36ClN3O4S. The van der Waals surface area contributed by atoms with Crippen LogP contribution in [0, 0.1) is 17.3 Å². The van der Waals surface area contributed by atoms with E-state index >= 15 is 0 Å². The highest BCUT2D eigenvalue weighted by molar-refractivity contribution is 8.00. The summed E-state index contributed by atoms with van der Waals surface area (Å²) in [6, 6.07) is 13.3. The number of hydrogen-bond acceptors (Lipinski definition) is 5. The molecule has 3 fully saturated rings. The molecule has 0 bridgehead atoms. The van der Waals surface area contributed by atoms with Crippen LogP contribution in [0.3, 0.4) is 0 Å². The van der Waals surface area contributed by atoms with Crippen molar-refractivity contribution in [3.05, 3.63) is 69.8 Å². The third kappa shape index (κ3) is 5.31. The number of allylic oxidation sites excluding steroid dienone is 1. The maximum absolute atomic E-state index is 14.0. The van der Waals surface area contributed by atoms with Crippen LogP contribution in [0.15, 0.2) is 52.9 Å². The molecule has 43 heavy (non-hydrogen) atoms. The van der Waals surface area contributed by atoms with Crippen molar-refractivity contribution in [2.75, 3.05) is 13.1 Å². The number of imide groups is 1. The Morgan fingerprint density at radius 1 is 1.05 bits per heavy atom. The Hall–Kier alpha value is -3.10. The highest BCUT2D eigenvalue weighted by atomic mass is 35.5. The Morgan fingerprint density at radius 2 is 1.84 bits per heavy atom. The van der Waals surface area contributed by atoms with Crippen molar-refractivity contribution in [1.82, 2.24) is 15.1 Å². The molecule has 4 unspecified atom stereocenters. The zero-order valence-electron chi connectivity index (χ0n) is 24.5. The van der Waals surface area contributed by atoms with Crippen molar-refractivity contribution in [3.8, 4) is 0 Å². The van der Waals surface area contributed by atoms with Crippen LogP contribution in [0.1, 0.15) is 73.9 Å². The van der Waals surface area contributed by atoms with Gasteiger partial charge >= 0.3 is 0 Å². The van der Waals surface area contributed by atoms with Gasteiger partial charge in [-0.2, -0.15) is 0 Å². The van der Waals surface area contributed by atoms with Gasteiger partial charge in [-0.15, -0.1) is 11.8 Å². The maximum Gasteiger partial charge on any atom is 0.255 e. The molecule has 3 aliphatic heterocycles. The molecule has 1 N–H and O–H groups in total. The van der Waals surface area contributed by atoms with E-state index in [0.29, 0.717) is 40.6 Å². The quantitative estimate of drug-likeness (QED) is 0.435. The Morgan fingerprint density at radius 3 is 2.60 bits per heavy atom. The number of fused-ring (bicyclic) bond motifs is 2. The first-order chi connectivity index (χ1) is 20.6. The van der Waals surface area contributed by atoms with E-state index in [0.717, 1.165) is 60.4 Å². The lowest BCUT2D eigenvalue weighted by Crippen LogP contribution is -2.52. The molecule has 1 saturated carbocycles. The van der Waals surface area contributed by atoms with Gasteiger partial charge in [-0.25, -0.2) is 0 Å². The minimum absolute atomic E-state index is 0.145. The second-order valence-corrected chi connectivity index (χ2v) is 15.3. The summed E-state index contributed by atoms with van der Waals surface area (Å²) >= 11 is 8.01. The number of piperidine rings is 1. The molecule has 4 amide bonds. The number of carbonyl (C=O) groups excluding carboxylic acids is 4. The average molecular weight is 618 g/mol. The Labute approximate surface area is 261 Å². The predicted octanol–water partition coefficient (Wildman–Crippen LogP) is 5.70. The minimum atomic E-state index is -0.603. The number of nitrogens with zero attached hydrogens (tertiary/aromatic N) is 2. The molecule has 7 nitrogen and oxygen atoms in total. The molecule has 3 heterocycles. The van der Waals surface area contributed by atoms with Crippen molar-refractivity contribution in [1.29, 1.82) is 0 Å². The van der Waals surface area contributed by atoms with Gasteiger partial charge in [0.15, 0.2) is 0 Å². The van der Waals surface area contributed by atoms with E-state index in [4.69, 9.17) is 11.6 Å². The van der Waals surface area contributed by atoms with E-state index in [1.54, 1.807) is 4.90 Å². The number of hydrogen-bond donors (Lipinski definition) is 1. The van der Waals surface area contributed by atoms with Crippen LogP contribution in [0.5, 0.6) is 0 Å². The van der Waals surface area contributed by atoms with Gasteiger partial charge in [-0.05, 0) is 96.4 Å². The number of likely N-dealkylation sites (tertiary alicyclic amines) is 1. The molecule has 2 aromatic rings. The van der Waals surface area contributed by atoms with Crippen LogP contribution in [0.2, 0.25) is 5.02 Å². The number of carbonyl (C=O) groups is 4. The van der Waals surface area contributed by atoms with Gasteiger partial charge < -0.3 is 9.80 Å². The Bertz CT molecular complexity index is 1570. The molecule has 2 saturated heterocycles. The highest BCUT2D eigenvalue weighted by Crippen LogP contribution is 2.51. The van der Waals surface area contributed by atoms with Gasteiger partial charge in [0.2, 0.25) is 17.7 Å². The van der Waals surface area contributed by atoms with Gasteiger partial charge in [0.1, 0.15) is 6.04 Å². The lowest BCUT2D eigenvalue weighted by molar-refractivity contribution is -0.137. The van der Waals surface area contributed by atoms with E-state index in [9.17, 15) is 19.2 Å². The predicted molar refractivity (Wildman–Crippen MR) is 166 cm³/mol. The largest absolute Gasteiger partial charge is 0.338 e. The summed E-state index contributed by atoms with van der Waals surface area (Å²) in [6.45, 7) is 6.55. The van der Waals surface area contributed by atoms with Crippen LogP contribution < -0.4 is 5.32 Å².